The van der Waals surface area contributed by atoms with Crippen LogP contribution in [-0.2, 0) is 0 Å². The Morgan fingerprint density at radius 1 is 1.19 bits per heavy atom. The number of aromatic nitrogens is 2. The molecule has 0 unspecified atom stereocenters. The zero-order chi connectivity index (χ0) is 11.1. The Morgan fingerprint density at radius 2 is 2.00 bits per heavy atom. The van der Waals surface area contributed by atoms with Crippen molar-refractivity contribution in [2.75, 3.05) is 0 Å². The maximum atomic E-state index is 11.7. The van der Waals surface area contributed by atoms with E-state index in [0.717, 1.165) is 5.39 Å². The molecule has 3 rings (SSSR count). The first kappa shape index (κ1) is 9.03. The van der Waals surface area contributed by atoms with Crippen molar-refractivity contribution in [2.24, 2.45) is 0 Å². The first-order valence-electron chi connectivity index (χ1n) is 4.91. The molecule has 16 heavy (non-hydrogen) atoms. The minimum Gasteiger partial charge on any atom is -0.422 e. The molecule has 0 aliphatic rings. The van der Waals surface area contributed by atoms with Crippen molar-refractivity contribution in [2.45, 2.75) is 6.92 Å². The topological polar surface area (TPSA) is 56.0 Å². The highest BCUT2D eigenvalue weighted by Gasteiger charge is 2.08. The smallest absolute Gasteiger partial charge is 0.347 e. The first-order chi connectivity index (χ1) is 7.75. The van der Waals surface area contributed by atoms with Crippen LogP contribution in [0, 0.1) is 6.92 Å². The molecule has 0 aliphatic heterocycles. The molecule has 3 aromatic rings. The SMILES string of the molecule is Cc1ncc2c(=O)oc3ccccc3c2n1. The summed E-state index contributed by atoms with van der Waals surface area (Å²) in [5, 5.41) is 1.26. The van der Waals surface area contributed by atoms with E-state index in [4.69, 9.17) is 4.42 Å². The summed E-state index contributed by atoms with van der Waals surface area (Å²) in [5.41, 5.74) is 0.811. The maximum absolute atomic E-state index is 11.7. The van der Waals surface area contributed by atoms with E-state index in [1.54, 1.807) is 13.0 Å². The van der Waals surface area contributed by atoms with Gasteiger partial charge in [-0.3, -0.25) is 0 Å². The van der Waals surface area contributed by atoms with Crippen molar-refractivity contribution in [3.8, 4) is 0 Å². The van der Waals surface area contributed by atoms with Gasteiger partial charge < -0.3 is 4.42 Å². The highest BCUT2D eigenvalue weighted by atomic mass is 16.4. The molecule has 0 bridgehead atoms. The van der Waals surface area contributed by atoms with Crippen molar-refractivity contribution in [3.05, 3.63) is 46.7 Å². The van der Waals surface area contributed by atoms with E-state index in [1.165, 1.54) is 6.20 Å². The second-order valence-corrected chi connectivity index (χ2v) is 3.57. The molecule has 2 aromatic heterocycles. The van der Waals surface area contributed by atoms with Crippen LogP contribution in [0.1, 0.15) is 5.82 Å². The van der Waals surface area contributed by atoms with Gasteiger partial charge in [-0.05, 0) is 19.1 Å². The van der Waals surface area contributed by atoms with Gasteiger partial charge in [0.2, 0.25) is 0 Å². The Labute approximate surface area is 90.6 Å². The highest BCUT2D eigenvalue weighted by molar-refractivity contribution is 6.01. The predicted molar refractivity (Wildman–Crippen MR) is 60.3 cm³/mol. The summed E-state index contributed by atoms with van der Waals surface area (Å²) in [6.07, 6.45) is 1.51. The standard InChI is InChI=1S/C12H8N2O2/c1-7-13-6-9-11(14-7)8-4-2-3-5-10(8)16-12(9)15/h2-6H,1H3. The number of hydrogen-bond acceptors (Lipinski definition) is 4. The van der Waals surface area contributed by atoms with E-state index in [9.17, 15) is 4.79 Å². The molecular formula is C12H8N2O2. The molecule has 0 aliphatic carbocycles. The van der Waals surface area contributed by atoms with Crippen LogP contribution in [0.2, 0.25) is 0 Å². The van der Waals surface area contributed by atoms with E-state index in [0.29, 0.717) is 22.3 Å². The molecule has 78 valence electrons. The Morgan fingerprint density at radius 3 is 2.88 bits per heavy atom. The summed E-state index contributed by atoms with van der Waals surface area (Å²) in [6.45, 7) is 1.79. The van der Waals surface area contributed by atoms with Crippen LogP contribution < -0.4 is 5.63 Å². The minimum absolute atomic E-state index is 0.395. The molecule has 4 heteroatoms. The molecule has 0 saturated carbocycles. The second kappa shape index (κ2) is 3.13. The third-order valence-electron chi connectivity index (χ3n) is 2.47. The van der Waals surface area contributed by atoms with Gasteiger partial charge in [-0.25, -0.2) is 14.8 Å². The van der Waals surface area contributed by atoms with Crippen LogP contribution in [0.15, 0.2) is 39.7 Å². The van der Waals surface area contributed by atoms with Crippen molar-refractivity contribution in [1.82, 2.24) is 9.97 Å². The van der Waals surface area contributed by atoms with Crippen molar-refractivity contribution < 1.29 is 4.42 Å². The third kappa shape index (κ3) is 1.20. The van der Waals surface area contributed by atoms with Crippen LogP contribution >= 0.6 is 0 Å². The van der Waals surface area contributed by atoms with Gasteiger partial charge in [0.05, 0.1) is 5.52 Å². The summed E-state index contributed by atoms with van der Waals surface area (Å²) >= 11 is 0. The van der Waals surface area contributed by atoms with Gasteiger partial charge in [0, 0.05) is 11.6 Å². The minimum atomic E-state index is -0.395. The van der Waals surface area contributed by atoms with Gasteiger partial charge in [0.25, 0.3) is 0 Å². The number of rotatable bonds is 0. The van der Waals surface area contributed by atoms with Crippen LogP contribution in [0.25, 0.3) is 21.9 Å². The number of hydrogen-bond donors (Lipinski definition) is 0. The Kier molecular flexibility index (Phi) is 1.77. The Balaban J connectivity index is 2.67. The summed E-state index contributed by atoms with van der Waals surface area (Å²) in [5.74, 6) is 0.642. The van der Waals surface area contributed by atoms with Crippen molar-refractivity contribution >= 4 is 21.9 Å². The summed E-state index contributed by atoms with van der Waals surface area (Å²) in [6, 6.07) is 7.35. The molecule has 2 heterocycles. The zero-order valence-corrected chi connectivity index (χ0v) is 8.60. The van der Waals surface area contributed by atoms with Gasteiger partial charge in [0.1, 0.15) is 16.8 Å². The van der Waals surface area contributed by atoms with Crippen molar-refractivity contribution in [3.63, 3.8) is 0 Å². The molecule has 0 amide bonds. The van der Waals surface area contributed by atoms with Gasteiger partial charge in [0.15, 0.2) is 0 Å². The lowest BCUT2D eigenvalue weighted by Crippen LogP contribution is -2.02. The number of para-hydroxylation sites is 1. The largest absolute Gasteiger partial charge is 0.422 e. The average Bonchev–Trinajstić information content (AvgIpc) is 2.29. The number of aryl methyl sites for hydroxylation is 1. The molecule has 0 N–H and O–H groups in total. The molecule has 4 nitrogen and oxygen atoms in total. The number of benzene rings is 1. The summed E-state index contributed by atoms with van der Waals surface area (Å²) in [4.78, 5) is 20.0. The lowest BCUT2D eigenvalue weighted by molar-refractivity contribution is 0.569. The van der Waals surface area contributed by atoms with E-state index >= 15 is 0 Å². The molecular weight excluding hydrogens is 204 g/mol. The normalized spacial score (nSPS) is 11.1. The molecule has 0 radical (unpaired) electrons. The summed E-state index contributed by atoms with van der Waals surface area (Å²) in [7, 11) is 0. The quantitative estimate of drug-likeness (QED) is 0.422. The highest BCUT2D eigenvalue weighted by Crippen LogP contribution is 2.19. The number of nitrogens with zero attached hydrogens (tertiary/aromatic N) is 2. The predicted octanol–water partition coefficient (Wildman–Crippen LogP) is 2.04. The zero-order valence-electron chi connectivity index (χ0n) is 8.60. The van der Waals surface area contributed by atoms with Gasteiger partial charge >= 0.3 is 5.63 Å². The maximum Gasteiger partial charge on any atom is 0.347 e. The molecule has 0 spiro atoms. The average molecular weight is 212 g/mol. The molecule has 0 saturated heterocycles. The van der Waals surface area contributed by atoms with E-state index < -0.39 is 5.63 Å². The van der Waals surface area contributed by atoms with Crippen LogP contribution in [0.3, 0.4) is 0 Å². The molecule has 0 fully saturated rings. The molecule has 1 aromatic carbocycles. The third-order valence-corrected chi connectivity index (χ3v) is 2.47. The van der Waals surface area contributed by atoms with Gasteiger partial charge in [-0.2, -0.15) is 0 Å². The fourth-order valence-electron chi connectivity index (χ4n) is 1.73. The second-order valence-electron chi connectivity index (χ2n) is 3.57. The van der Waals surface area contributed by atoms with Crippen LogP contribution in [0.5, 0.6) is 0 Å². The van der Waals surface area contributed by atoms with Crippen molar-refractivity contribution in [1.29, 1.82) is 0 Å². The monoisotopic (exact) mass is 212 g/mol. The van der Waals surface area contributed by atoms with E-state index in [1.807, 2.05) is 18.2 Å². The Hall–Kier alpha value is -2.23. The van der Waals surface area contributed by atoms with Gasteiger partial charge in [-0.15, -0.1) is 0 Å². The molecule has 0 atom stereocenters. The Bertz CT molecular complexity index is 747. The number of fused-ring (bicyclic) bond motifs is 3. The van der Waals surface area contributed by atoms with Crippen LogP contribution in [-0.4, -0.2) is 9.97 Å². The lowest BCUT2D eigenvalue weighted by Gasteiger charge is -2.01. The fraction of sp³-hybridized carbons (Fsp3) is 0.0833. The fourth-order valence-corrected chi connectivity index (χ4v) is 1.73. The first-order valence-corrected chi connectivity index (χ1v) is 4.91. The van der Waals surface area contributed by atoms with Crippen LogP contribution in [0.4, 0.5) is 0 Å². The lowest BCUT2D eigenvalue weighted by atomic mass is 10.2. The van der Waals surface area contributed by atoms with E-state index in [2.05, 4.69) is 9.97 Å². The van der Waals surface area contributed by atoms with E-state index in [-0.39, 0.29) is 0 Å². The van der Waals surface area contributed by atoms with Gasteiger partial charge in [-0.1, -0.05) is 12.1 Å². The summed E-state index contributed by atoms with van der Waals surface area (Å²) < 4.78 is 5.18.